The van der Waals surface area contributed by atoms with Crippen LogP contribution in [0.2, 0.25) is 0 Å². The van der Waals surface area contributed by atoms with E-state index in [1.54, 1.807) is 0 Å². The standard InChI is InChI=1S/C7H15NO/c1-7(5-9)4-2-3-6(7)8/h6,9H,2-5,8H2,1H3. The highest BCUT2D eigenvalue weighted by Crippen LogP contribution is 2.35. The van der Waals surface area contributed by atoms with E-state index in [4.69, 9.17) is 10.8 Å². The molecule has 0 radical (unpaired) electrons. The summed E-state index contributed by atoms with van der Waals surface area (Å²) in [5, 5.41) is 8.92. The average Bonchev–Trinajstić information content (AvgIpc) is 2.15. The van der Waals surface area contributed by atoms with Crippen LogP contribution in [0.1, 0.15) is 26.2 Å². The highest BCUT2D eigenvalue weighted by Gasteiger charge is 2.35. The lowest BCUT2D eigenvalue weighted by atomic mass is 9.86. The van der Waals surface area contributed by atoms with Gasteiger partial charge in [-0.2, -0.15) is 0 Å². The number of aliphatic hydroxyl groups is 1. The number of hydrogen-bond donors (Lipinski definition) is 2. The summed E-state index contributed by atoms with van der Waals surface area (Å²) in [6, 6.07) is 0.225. The van der Waals surface area contributed by atoms with Crippen LogP contribution in [0.25, 0.3) is 0 Å². The van der Waals surface area contributed by atoms with Gasteiger partial charge >= 0.3 is 0 Å². The van der Waals surface area contributed by atoms with E-state index in [1.165, 1.54) is 6.42 Å². The molecule has 2 heteroatoms. The van der Waals surface area contributed by atoms with Gasteiger partial charge in [-0.1, -0.05) is 13.3 Å². The summed E-state index contributed by atoms with van der Waals surface area (Å²) in [5.74, 6) is 0. The number of aliphatic hydroxyl groups excluding tert-OH is 1. The maximum absolute atomic E-state index is 8.92. The molecule has 54 valence electrons. The Kier molecular flexibility index (Phi) is 1.78. The fourth-order valence-corrected chi connectivity index (χ4v) is 1.46. The third-order valence-electron chi connectivity index (χ3n) is 2.52. The van der Waals surface area contributed by atoms with Crippen LogP contribution in [-0.2, 0) is 0 Å². The van der Waals surface area contributed by atoms with Gasteiger partial charge in [0.15, 0.2) is 0 Å². The van der Waals surface area contributed by atoms with Crippen molar-refractivity contribution in [1.82, 2.24) is 0 Å². The molecule has 0 spiro atoms. The second kappa shape index (κ2) is 2.27. The van der Waals surface area contributed by atoms with Crippen molar-refractivity contribution >= 4 is 0 Å². The highest BCUT2D eigenvalue weighted by molar-refractivity contribution is 4.90. The molecule has 1 aliphatic rings. The van der Waals surface area contributed by atoms with Crippen LogP contribution in [0.5, 0.6) is 0 Å². The van der Waals surface area contributed by atoms with Crippen molar-refractivity contribution in [3.63, 3.8) is 0 Å². The molecule has 2 atom stereocenters. The van der Waals surface area contributed by atoms with Gasteiger partial charge < -0.3 is 10.8 Å². The zero-order valence-electron chi connectivity index (χ0n) is 5.93. The van der Waals surface area contributed by atoms with E-state index in [0.717, 1.165) is 12.8 Å². The van der Waals surface area contributed by atoms with E-state index in [0.29, 0.717) is 0 Å². The molecule has 0 saturated heterocycles. The van der Waals surface area contributed by atoms with Crippen molar-refractivity contribution in [2.24, 2.45) is 11.1 Å². The van der Waals surface area contributed by atoms with Gasteiger partial charge in [0.2, 0.25) is 0 Å². The summed E-state index contributed by atoms with van der Waals surface area (Å²) < 4.78 is 0. The molecule has 1 fully saturated rings. The van der Waals surface area contributed by atoms with Crippen molar-refractivity contribution < 1.29 is 5.11 Å². The summed E-state index contributed by atoms with van der Waals surface area (Å²) in [4.78, 5) is 0. The Morgan fingerprint density at radius 1 is 1.78 bits per heavy atom. The Morgan fingerprint density at radius 2 is 2.44 bits per heavy atom. The molecule has 9 heavy (non-hydrogen) atoms. The predicted octanol–water partition coefficient (Wildman–Crippen LogP) is 0.496. The first kappa shape index (κ1) is 7.03. The lowest BCUT2D eigenvalue weighted by Gasteiger charge is -2.25. The van der Waals surface area contributed by atoms with Crippen LogP contribution in [-0.4, -0.2) is 17.8 Å². The lowest BCUT2D eigenvalue weighted by Crippen LogP contribution is -2.37. The fraction of sp³-hybridized carbons (Fsp3) is 1.00. The molecule has 1 rings (SSSR count). The van der Waals surface area contributed by atoms with Gasteiger partial charge in [-0.25, -0.2) is 0 Å². The van der Waals surface area contributed by atoms with E-state index in [-0.39, 0.29) is 18.1 Å². The minimum absolute atomic E-state index is 0.0278. The first-order chi connectivity index (χ1) is 4.19. The minimum Gasteiger partial charge on any atom is -0.396 e. The Hall–Kier alpha value is -0.0800. The molecule has 2 unspecified atom stereocenters. The first-order valence-electron chi connectivity index (χ1n) is 3.55. The highest BCUT2D eigenvalue weighted by atomic mass is 16.3. The number of nitrogens with two attached hydrogens (primary N) is 1. The Morgan fingerprint density at radius 3 is 2.67 bits per heavy atom. The topological polar surface area (TPSA) is 46.2 Å². The molecular formula is C7H15NO. The molecule has 0 bridgehead atoms. The molecule has 1 aliphatic carbocycles. The van der Waals surface area contributed by atoms with Gasteiger partial charge in [-0.05, 0) is 12.8 Å². The second-order valence-electron chi connectivity index (χ2n) is 3.31. The van der Waals surface area contributed by atoms with E-state index in [9.17, 15) is 0 Å². The van der Waals surface area contributed by atoms with Gasteiger partial charge in [-0.3, -0.25) is 0 Å². The maximum atomic E-state index is 8.92. The van der Waals surface area contributed by atoms with Gasteiger partial charge in [0.1, 0.15) is 0 Å². The zero-order valence-corrected chi connectivity index (χ0v) is 5.93. The molecule has 3 N–H and O–H groups in total. The van der Waals surface area contributed by atoms with Crippen molar-refractivity contribution in [2.45, 2.75) is 32.2 Å². The monoisotopic (exact) mass is 129 g/mol. The minimum atomic E-state index is 0.0278. The van der Waals surface area contributed by atoms with Crippen LogP contribution in [0.4, 0.5) is 0 Å². The summed E-state index contributed by atoms with van der Waals surface area (Å²) in [6.45, 7) is 2.30. The first-order valence-corrected chi connectivity index (χ1v) is 3.55. The second-order valence-corrected chi connectivity index (χ2v) is 3.31. The summed E-state index contributed by atoms with van der Waals surface area (Å²) in [6.07, 6.45) is 3.35. The summed E-state index contributed by atoms with van der Waals surface area (Å²) >= 11 is 0. The lowest BCUT2D eigenvalue weighted by molar-refractivity contribution is 0.133. The molecular weight excluding hydrogens is 114 g/mol. The molecule has 0 amide bonds. The van der Waals surface area contributed by atoms with Crippen LogP contribution < -0.4 is 5.73 Å². The van der Waals surface area contributed by atoms with Gasteiger partial charge in [-0.15, -0.1) is 0 Å². The molecule has 0 aliphatic heterocycles. The maximum Gasteiger partial charge on any atom is 0.0499 e. The normalized spacial score (nSPS) is 43.7. The summed E-state index contributed by atoms with van der Waals surface area (Å²) in [7, 11) is 0. The van der Waals surface area contributed by atoms with Crippen molar-refractivity contribution in [3.8, 4) is 0 Å². The van der Waals surface area contributed by atoms with Crippen LogP contribution in [0, 0.1) is 5.41 Å². The molecule has 0 aromatic rings. The Labute approximate surface area is 56.1 Å². The Bertz CT molecular complexity index is 105. The van der Waals surface area contributed by atoms with Crippen LogP contribution in [0.3, 0.4) is 0 Å². The molecule has 0 aromatic carbocycles. The summed E-state index contributed by atoms with van der Waals surface area (Å²) in [5.41, 5.74) is 5.79. The van der Waals surface area contributed by atoms with Crippen molar-refractivity contribution in [2.75, 3.05) is 6.61 Å². The molecule has 0 aromatic heterocycles. The largest absolute Gasteiger partial charge is 0.396 e. The SMILES string of the molecule is CC1(CO)CCCC1N. The fourth-order valence-electron chi connectivity index (χ4n) is 1.46. The van der Waals surface area contributed by atoms with Crippen molar-refractivity contribution in [3.05, 3.63) is 0 Å². The number of rotatable bonds is 1. The zero-order chi connectivity index (χ0) is 6.91. The van der Waals surface area contributed by atoms with Crippen LogP contribution in [0.15, 0.2) is 0 Å². The van der Waals surface area contributed by atoms with E-state index in [1.807, 2.05) is 0 Å². The molecule has 0 heterocycles. The third-order valence-corrected chi connectivity index (χ3v) is 2.52. The van der Waals surface area contributed by atoms with Crippen LogP contribution >= 0.6 is 0 Å². The number of hydrogen-bond acceptors (Lipinski definition) is 2. The van der Waals surface area contributed by atoms with Crippen molar-refractivity contribution in [1.29, 1.82) is 0 Å². The van der Waals surface area contributed by atoms with E-state index < -0.39 is 0 Å². The third kappa shape index (κ3) is 1.10. The smallest absolute Gasteiger partial charge is 0.0499 e. The molecule has 1 saturated carbocycles. The predicted molar refractivity (Wildman–Crippen MR) is 37.0 cm³/mol. The average molecular weight is 129 g/mol. The van der Waals surface area contributed by atoms with Gasteiger partial charge in [0, 0.05) is 18.1 Å². The van der Waals surface area contributed by atoms with E-state index >= 15 is 0 Å². The molecule has 2 nitrogen and oxygen atoms in total. The quantitative estimate of drug-likeness (QED) is 0.541. The van der Waals surface area contributed by atoms with Gasteiger partial charge in [0.25, 0.3) is 0 Å². The van der Waals surface area contributed by atoms with Gasteiger partial charge in [0.05, 0.1) is 0 Å². The van der Waals surface area contributed by atoms with E-state index in [2.05, 4.69) is 6.92 Å². The Balaban J connectivity index is 2.56.